The Morgan fingerprint density at radius 3 is 2.31 bits per heavy atom. The molecule has 1 aliphatic carbocycles. The van der Waals surface area contributed by atoms with Gasteiger partial charge in [-0.1, -0.05) is 0 Å². The number of nitrogens with one attached hydrogen (secondary N) is 1. The molecule has 9 heteroatoms. The van der Waals surface area contributed by atoms with Gasteiger partial charge in [-0.3, -0.25) is 9.59 Å². The highest BCUT2D eigenvalue weighted by atomic mass is 32.2. The van der Waals surface area contributed by atoms with Gasteiger partial charge < -0.3 is 14.6 Å². The number of methoxy groups -OCH3 is 1. The third-order valence-electron chi connectivity index (χ3n) is 4.33. The second-order valence-electron chi connectivity index (χ2n) is 6.15. The molecule has 0 amide bonds. The van der Waals surface area contributed by atoms with Crippen molar-refractivity contribution in [1.82, 2.24) is 4.72 Å². The molecule has 1 saturated carbocycles. The van der Waals surface area contributed by atoms with Crippen LogP contribution < -0.4 is 9.46 Å². The van der Waals surface area contributed by atoms with Gasteiger partial charge in [0.15, 0.2) is 0 Å². The van der Waals surface area contributed by atoms with Crippen LogP contribution in [0.2, 0.25) is 0 Å². The second-order valence-corrected chi connectivity index (χ2v) is 7.87. The number of hydrogen-bond acceptors (Lipinski definition) is 6. The van der Waals surface area contributed by atoms with Crippen molar-refractivity contribution in [1.29, 1.82) is 0 Å². The van der Waals surface area contributed by atoms with Gasteiger partial charge in [-0.15, -0.1) is 0 Å². The summed E-state index contributed by atoms with van der Waals surface area (Å²) in [5.41, 5.74) is 0. The van der Waals surface area contributed by atoms with Gasteiger partial charge >= 0.3 is 11.9 Å². The molecule has 2 N–H and O–H groups in total. The number of hydrogen-bond donors (Lipinski definition) is 2. The predicted octanol–water partition coefficient (Wildman–Crippen LogP) is 1.55. The fourth-order valence-corrected chi connectivity index (χ4v) is 4.12. The van der Waals surface area contributed by atoms with Crippen molar-refractivity contribution in [3.05, 3.63) is 24.3 Å². The number of rotatable bonds is 8. The van der Waals surface area contributed by atoms with E-state index in [0.717, 1.165) is 0 Å². The van der Waals surface area contributed by atoms with Crippen LogP contribution in [0.4, 0.5) is 0 Å². The van der Waals surface area contributed by atoms with Crippen LogP contribution in [0.15, 0.2) is 29.2 Å². The average molecular weight is 385 g/mol. The molecule has 0 heterocycles. The van der Waals surface area contributed by atoms with Crippen LogP contribution >= 0.6 is 0 Å². The number of esters is 1. The number of carboxylic acids is 1. The zero-order valence-electron chi connectivity index (χ0n) is 14.5. The molecular weight excluding hydrogens is 362 g/mol. The van der Waals surface area contributed by atoms with Gasteiger partial charge in [0, 0.05) is 6.04 Å². The lowest BCUT2D eigenvalue weighted by Gasteiger charge is -2.26. The number of carbonyl (C=O) groups excluding carboxylic acids is 1. The molecule has 8 nitrogen and oxygen atoms in total. The minimum absolute atomic E-state index is 0.108. The van der Waals surface area contributed by atoms with Crippen LogP contribution in [-0.2, 0) is 24.3 Å². The zero-order valence-corrected chi connectivity index (χ0v) is 15.3. The summed E-state index contributed by atoms with van der Waals surface area (Å²) in [4.78, 5) is 22.1. The molecule has 1 fully saturated rings. The molecule has 0 atom stereocenters. The molecule has 2 rings (SSSR count). The van der Waals surface area contributed by atoms with E-state index in [0.29, 0.717) is 31.4 Å². The molecule has 144 valence electrons. The van der Waals surface area contributed by atoms with Crippen LogP contribution in [0, 0.1) is 5.92 Å². The predicted molar refractivity (Wildman–Crippen MR) is 92.3 cm³/mol. The Morgan fingerprint density at radius 1 is 1.15 bits per heavy atom. The Kier molecular flexibility index (Phi) is 6.98. The Morgan fingerprint density at radius 2 is 1.77 bits per heavy atom. The van der Waals surface area contributed by atoms with Gasteiger partial charge in [-0.2, -0.15) is 0 Å². The molecule has 0 saturated heterocycles. The van der Waals surface area contributed by atoms with Crippen molar-refractivity contribution in [3.63, 3.8) is 0 Å². The molecule has 0 bridgehead atoms. The van der Waals surface area contributed by atoms with E-state index in [9.17, 15) is 18.0 Å². The van der Waals surface area contributed by atoms with Gasteiger partial charge in [0.05, 0.1) is 31.0 Å². The van der Waals surface area contributed by atoms with E-state index in [1.165, 1.54) is 31.4 Å². The molecule has 1 aliphatic rings. The van der Waals surface area contributed by atoms with Crippen molar-refractivity contribution in [2.24, 2.45) is 5.92 Å². The zero-order chi connectivity index (χ0) is 19.2. The van der Waals surface area contributed by atoms with E-state index < -0.39 is 21.9 Å². The smallest absolute Gasteiger partial charge is 0.308 e. The lowest BCUT2D eigenvalue weighted by Crippen LogP contribution is -2.38. The maximum atomic E-state index is 12.4. The third kappa shape index (κ3) is 5.70. The van der Waals surface area contributed by atoms with Gasteiger partial charge in [0.25, 0.3) is 0 Å². The number of carboxylic acid groups (broad SMARTS) is 1. The molecule has 26 heavy (non-hydrogen) atoms. The quantitative estimate of drug-likeness (QED) is 0.652. The maximum Gasteiger partial charge on any atom is 0.308 e. The minimum atomic E-state index is -3.68. The van der Waals surface area contributed by atoms with Gasteiger partial charge in [-0.05, 0) is 49.9 Å². The molecule has 0 radical (unpaired) electrons. The van der Waals surface area contributed by atoms with E-state index in [1.807, 2.05) is 0 Å². The summed E-state index contributed by atoms with van der Waals surface area (Å²) in [5, 5.41) is 8.99. The third-order valence-corrected chi connectivity index (χ3v) is 5.87. The van der Waals surface area contributed by atoms with Crippen molar-refractivity contribution in [2.75, 3.05) is 13.7 Å². The standard InChI is InChI=1S/C17H23NO7S/c1-24-16(19)10-11-25-14-6-8-15(9-7-14)26(22,23)18-13-4-2-12(3-5-13)17(20)21/h6-9,12-13,18H,2-5,10-11H2,1H3,(H,20,21). The first kappa shape index (κ1) is 20.2. The van der Waals surface area contributed by atoms with Gasteiger partial charge in [0.1, 0.15) is 5.75 Å². The average Bonchev–Trinajstić information content (AvgIpc) is 2.62. The minimum Gasteiger partial charge on any atom is -0.493 e. The normalized spacial score (nSPS) is 20.3. The fraction of sp³-hybridized carbons (Fsp3) is 0.529. The molecule has 0 spiro atoms. The topological polar surface area (TPSA) is 119 Å². The van der Waals surface area contributed by atoms with E-state index >= 15 is 0 Å². The van der Waals surface area contributed by atoms with Gasteiger partial charge in [0.2, 0.25) is 10.0 Å². The monoisotopic (exact) mass is 385 g/mol. The fourth-order valence-electron chi connectivity index (χ4n) is 2.81. The van der Waals surface area contributed by atoms with Crippen LogP contribution in [0.5, 0.6) is 5.75 Å². The number of carbonyl (C=O) groups is 2. The van der Waals surface area contributed by atoms with Crippen molar-refractivity contribution in [2.45, 2.75) is 43.0 Å². The van der Waals surface area contributed by atoms with Crippen molar-refractivity contribution >= 4 is 22.0 Å². The summed E-state index contributed by atoms with van der Waals surface area (Å²) in [6.07, 6.45) is 2.05. The molecule has 0 aliphatic heterocycles. The van der Waals surface area contributed by atoms with Gasteiger partial charge in [-0.25, -0.2) is 13.1 Å². The summed E-state index contributed by atoms with van der Waals surface area (Å²) < 4.78 is 37.4. The number of aliphatic carboxylic acids is 1. The maximum absolute atomic E-state index is 12.4. The summed E-state index contributed by atoms with van der Waals surface area (Å²) in [5.74, 6) is -1.15. The molecule has 1 aromatic carbocycles. The highest BCUT2D eigenvalue weighted by Gasteiger charge is 2.28. The SMILES string of the molecule is COC(=O)CCOc1ccc(S(=O)(=O)NC2CCC(C(=O)O)CC2)cc1. The van der Waals surface area contributed by atoms with E-state index in [2.05, 4.69) is 9.46 Å². The Labute approximate surface area is 152 Å². The first-order chi connectivity index (χ1) is 12.3. The first-order valence-corrected chi connectivity index (χ1v) is 9.85. The summed E-state index contributed by atoms with van der Waals surface area (Å²) >= 11 is 0. The van der Waals surface area contributed by atoms with Crippen LogP contribution in [-0.4, -0.2) is 45.2 Å². The molecule has 1 aromatic rings. The Balaban J connectivity index is 1.89. The first-order valence-electron chi connectivity index (χ1n) is 8.36. The molecule has 0 aromatic heterocycles. The lowest BCUT2D eigenvalue weighted by molar-refractivity contribution is -0.143. The van der Waals surface area contributed by atoms with E-state index in [4.69, 9.17) is 9.84 Å². The summed E-state index contributed by atoms with van der Waals surface area (Å²) in [6.45, 7) is 0.143. The lowest BCUT2D eigenvalue weighted by atomic mass is 9.87. The van der Waals surface area contributed by atoms with Crippen molar-refractivity contribution < 1.29 is 32.6 Å². The number of sulfonamides is 1. The van der Waals surface area contributed by atoms with Crippen LogP contribution in [0.1, 0.15) is 32.1 Å². The molecular formula is C17H23NO7S. The number of benzene rings is 1. The largest absolute Gasteiger partial charge is 0.493 e. The Hall–Kier alpha value is -2.13. The molecule has 0 unspecified atom stereocenters. The summed E-state index contributed by atoms with van der Waals surface area (Å²) in [7, 11) is -2.38. The highest BCUT2D eigenvalue weighted by Crippen LogP contribution is 2.26. The number of ether oxygens (including phenoxy) is 2. The summed E-state index contributed by atoms with van der Waals surface area (Å²) in [6, 6.07) is 5.64. The Bertz CT molecular complexity index is 722. The van der Waals surface area contributed by atoms with E-state index in [-0.39, 0.29) is 29.9 Å². The van der Waals surface area contributed by atoms with Crippen LogP contribution in [0.25, 0.3) is 0 Å². The van der Waals surface area contributed by atoms with Crippen LogP contribution in [0.3, 0.4) is 0 Å². The van der Waals surface area contributed by atoms with E-state index in [1.54, 1.807) is 0 Å². The van der Waals surface area contributed by atoms with Crippen molar-refractivity contribution in [3.8, 4) is 5.75 Å². The second kappa shape index (κ2) is 9.00. The highest BCUT2D eigenvalue weighted by molar-refractivity contribution is 7.89.